The minimum Gasteiger partial charge on any atom is -0.461 e. The number of hydrogen-bond donors (Lipinski definition) is 1. The molecule has 0 saturated heterocycles. The molecule has 0 aromatic carbocycles. The third-order valence-corrected chi connectivity index (χ3v) is 2.98. The summed E-state index contributed by atoms with van der Waals surface area (Å²) in [5.74, 6) is 1.52. The van der Waals surface area contributed by atoms with Crippen LogP contribution in [0.1, 0.15) is 25.5 Å². The van der Waals surface area contributed by atoms with Crippen LogP contribution in [0.15, 0.2) is 28.9 Å². The average molecular weight is 262 g/mol. The van der Waals surface area contributed by atoms with Gasteiger partial charge in [-0.2, -0.15) is 0 Å². The van der Waals surface area contributed by atoms with E-state index in [0.29, 0.717) is 16.7 Å². The second-order valence-electron chi connectivity index (χ2n) is 4.44. The van der Waals surface area contributed by atoms with Crippen LogP contribution in [-0.2, 0) is 0 Å². The van der Waals surface area contributed by atoms with E-state index < -0.39 is 0 Å². The summed E-state index contributed by atoms with van der Waals surface area (Å²) in [6, 6.07) is 5.52. The summed E-state index contributed by atoms with van der Waals surface area (Å²) in [5.41, 5.74) is 1.71. The Morgan fingerprint density at radius 2 is 2.17 bits per heavy atom. The van der Waals surface area contributed by atoms with Crippen LogP contribution in [0.5, 0.6) is 0 Å². The predicted molar refractivity (Wildman–Crippen MR) is 70.7 cm³/mol. The van der Waals surface area contributed by atoms with Gasteiger partial charge in [-0.15, -0.1) is 0 Å². The predicted octanol–water partition coefficient (Wildman–Crippen LogP) is 3.99. The number of hydrogen-bond acceptors (Lipinski definition) is 3. The molecule has 3 rings (SSSR count). The number of H-pyrrole nitrogens is 1. The fourth-order valence-electron chi connectivity index (χ4n) is 1.96. The molecule has 4 nitrogen and oxygen atoms in total. The van der Waals surface area contributed by atoms with Gasteiger partial charge < -0.3 is 9.40 Å². The van der Waals surface area contributed by atoms with Crippen molar-refractivity contribution in [1.82, 2.24) is 15.0 Å². The molecule has 0 bridgehead atoms. The van der Waals surface area contributed by atoms with Crippen LogP contribution in [0.3, 0.4) is 0 Å². The van der Waals surface area contributed by atoms with Crippen LogP contribution in [0.25, 0.3) is 22.6 Å². The molecular weight excluding hydrogens is 250 g/mol. The van der Waals surface area contributed by atoms with E-state index in [1.165, 1.54) is 0 Å². The van der Waals surface area contributed by atoms with Crippen molar-refractivity contribution in [3.8, 4) is 11.6 Å². The normalized spacial score (nSPS) is 11.6. The van der Waals surface area contributed by atoms with E-state index in [2.05, 4.69) is 28.8 Å². The first kappa shape index (κ1) is 11.3. The minimum absolute atomic E-state index is 0.288. The van der Waals surface area contributed by atoms with Gasteiger partial charge in [0.2, 0.25) is 0 Å². The second-order valence-corrected chi connectivity index (χ2v) is 4.85. The third-order valence-electron chi connectivity index (χ3n) is 2.77. The first-order chi connectivity index (χ1) is 8.65. The largest absolute Gasteiger partial charge is 0.461 e. The topological polar surface area (TPSA) is 54.7 Å². The quantitative estimate of drug-likeness (QED) is 0.759. The van der Waals surface area contributed by atoms with Crippen molar-refractivity contribution < 1.29 is 4.42 Å². The van der Waals surface area contributed by atoms with Crippen LogP contribution < -0.4 is 0 Å². The van der Waals surface area contributed by atoms with Crippen LogP contribution in [0, 0.1) is 0 Å². The van der Waals surface area contributed by atoms with Crippen LogP contribution in [0.4, 0.5) is 0 Å². The molecule has 0 fully saturated rings. The van der Waals surface area contributed by atoms with Crippen molar-refractivity contribution in [3.05, 3.63) is 35.3 Å². The highest BCUT2D eigenvalue weighted by molar-refractivity contribution is 6.30. The highest BCUT2D eigenvalue weighted by Gasteiger charge is 2.15. The Bertz CT molecular complexity index is 686. The Kier molecular flexibility index (Phi) is 2.59. The fraction of sp³-hybridized carbons (Fsp3) is 0.231. The maximum absolute atomic E-state index is 5.99. The molecule has 92 valence electrons. The summed E-state index contributed by atoms with van der Waals surface area (Å²) in [4.78, 5) is 12.0. The lowest BCUT2D eigenvalue weighted by atomic mass is 10.1. The van der Waals surface area contributed by atoms with E-state index in [4.69, 9.17) is 16.0 Å². The molecule has 0 atom stereocenters. The molecular formula is C13H12ClN3O. The van der Waals surface area contributed by atoms with Gasteiger partial charge in [0.25, 0.3) is 0 Å². The summed E-state index contributed by atoms with van der Waals surface area (Å²) in [6.45, 7) is 4.18. The Labute approximate surface area is 109 Å². The summed E-state index contributed by atoms with van der Waals surface area (Å²) in [5, 5.41) is 1.53. The average Bonchev–Trinajstić information content (AvgIpc) is 2.93. The monoisotopic (exact) mass is 261 g/mol. The SMILES string of the molecule is CC(C)c1nc(-c2ccco2)nc2[nH]c(Cl)cc12. The number of rotatable bonds is 2. The zero-order chi connectivity index (χ0) is 12.7. The minimum atomic E-state index is 0.288. The Hall–Kier alpha value is -1.81. The maximum Gasteiger partial charge on any atom is 0.197 e. The molecule has 0 aliphatic heterocycles. The summed E-state index contributed by atoms with van der Waals surface area (Å²) < 4.78 is 5.34. The summed E-state index contributed by atoms with van der Waals surface area (Å²) >= 11 is 5.99. The van der Waals surface area contributed by atoms with Crippen molar-refractivity contribution in [2.24, 2.45) is 0 Å². The number of nitrogens with one attached hydrogen (secondary N) is 1. The van der Waals surface area contributed by atoms with E-state index in [-0.39, 0.29) is 5.92 Å². The molecule has 1 N–H and O–H groups in total. The van der Waals surface area contributed by atoms with Crippen molar-refractivity contribution in [3.63, 3.8) is 0 Å². The molecule has 3 aromatic rings. The molecule has 0 unspecified atom stereocenters. The van der Waals surface area contributed by atoms with Crippen molar-refractivity contribution in [2.75, 3.05) is 0 Å². The van der Waals surface area contributed by atoms with Gasteiger partial charge in [0.15, 0.2) is 11.6 Å². The molecule has 0 amide bonds. The first-order valence-corrected chi connectivity index (χ1v) is 6.13. The smallest absolute Gasteiger partial charge is 0.197 e. The van der Waals surface area contributed by atoms with Gasteiger partial charge >= 0.3 is 0 Å². The number of furan rings is 1. The Balaban J connectivity index is 2.29. The van der Waals surface area contributed by atoms with Gasteiger partial charge in [0.1, 0.15) is 10.8 Å². The number of aromatic nitrogens is 3. The first-order valence-electron chi connectivity index (χ1n) is 5.75. The summed E-state index contributed by atoms with van der Waals surface area (Å²) in [6.07, 6.45) is 1.61. The molecule has 0 aliphatic carbocycles. The lowest BCUT2D eigenvalue weighted by molar-refractivity contribution is 0.577. The number of halogens is 1. The standard InChI is InChI=1S/C13H12ClN3O/c1-7(2)11-8-6-10(14)15-12(8)17-13(16-11)9-4-3-5-18-9/h3-7H,1-2H3,(H,15,16,17). The van der Waals surface area contributed by atoms with Crippen molar-refractivity contribution in [2.45, 2.75) is 19.8 Å². The molecule has 0 spiro atoms. The highest BCUT2D eigenvalue weighted by Crippen LogP contribution is 2.28. The molecule has 18 heavy (non-hydrogen) atoms. The van der Waals surface area contributed by atoms with Crippen molar-refractivity contribution in [1.29, 1.82) is 0 Å². The van der Waals surface area contributed by atoms with Gasteiger partial charge in [-0.1, -0.05) is 25.4 Å². The van der Waals surface area contributed by atoms with Gasteiger partial charge in [0.05, 0.1) is 12.0 Å². The third kappa shape index (κ3) is 1.78. The number of nitrogens with zero attached hydrogens (tertiary/aromatic N) is 2. The fourth-order valence-corrected chi connectivity index (χ4v) is 2.15. The van der Waals surface area contributed by atoms with E-state index >= 15 is 0 Å². The molecule has 3 aromatic heterocycles. The Morgan fingerprint density at radius 1 is 1.33 bits per heavy atom. The van der Waals surface area contributed by atoms with Gasteiger partial charge in [-0.25, -0.2) is 9.97 Å². The molecule has 0 aliphatic rings. The molecule has 3 heterocycles. The lowest BCUT2D eigenvalue weighted by Gasteiger charge is -2.07. The van der Waals surface area contributed by atoms with E-state index in [1.807, 2.05) is 18.2 Å². The second kappa shape index (κ2) is 4.14. The molecule has 0 radical (unpaired) electrons. The molecule has 0 saturated carbocycles. The van der Waals surface area contributed by atoms with E-state index in [0.717, 1.165) is 16.7 Å². The van der Waals surface area contributed by atoms with Gasteiger partial charge in [0, 0.05) is 5.39 Å². The van der Waals surface area contributed by atoms with Crippen LogP contribution in [-0.4, -0.2) is 15.0 Å². The molecule has 5 heteroatoms. The zero-order valence-electron chi connectivity index (χ0n) is 10.1. The summed E-state index contributed by atoms with van der Waals surface area (Å²) in [7, 11) is 0. The number of aromatic amines is 1. The zero-order valence-corrected chi connectivity index (χ0v) is 10.8. The van der Waals surface area contributed by atoms with Gasteiger partial charge in [-0.3, -0.25) is 0 Å². The van der Waals surface area contributed by atoms with Crippen LogP contribution >= 0.6 is 11.6 Å². The van der Waals surface area contributed by atoms with E-state index in [1.54, 1.807) is 6.26 Å². The van der Waals surface area contributed by atoms with E-state index in [9.17, 15) is 0 Å². The Morgan fingerprint density at radius 3 is 2.83 bits per heavy atom. The van der Waals surface area contributed by atoms with Crippen LogP contribution in [0.2, 0.25) is 5.15 Å². The van der Waals surface area contributed by atoms with Gasteiger partial charge in [-0.05, 0) is 24.1 Å². The maximum atomic E-state index is 5.99. The highest BCUT2D eigenvalue weighted by atomic mass is 35.5. The lowest BCUT2D eigenvalue weighted by Crippen LogP contribution is -1.98. The van der Waals surface area contributed by atoms with Crippen molar-refractivity contribution >= 4 is 22.6 Å². The number of fused-ring (bicyclic) bond motifs is 1.